The molecule has 1 rings (SSSR count). The molecule has 18 heavy (non-hydrogen) atoms. The Hall–Kier alpha value is -1.36. The summed E-state index contributed by atoms with van der Waals surface area (Å²) >= 11 is 1.69. The number of rotatable bonds is 7. The number of hydrogen-bond acceptors (Lipinski definition) is 3. The van der Waals surface area contributed by atoms with Gasteiger partial charge in [-0.2, -0.15) is 0 Å². The highest BCUT2D eigenvalue weighted by molar-refractivity contribution is 7.09. The summed E-state index contributed by atoms with van der Waals surface area (Å²) in [7, 11) is 0. The van der Waals surface area contributed by atoms with E-state index >= 15 is 0 Å². The van der Waals surface area contributed by atoms with Gasteiger partial charge < -0.3 is 10.4 Å². The van der Waals surface area contributed by atoms with Crippen LogP contribution in [0.1, 0.15) is 38.0 Å². The van der Waals surface area contributed by atoms with Gasteiger partial charge in [0.05, 0.1) is 6.42 Å². The van der Waals surface area contributed by atoms with Crippen LogP contribution in [0.25, 0.3) is 0 Å². The van der Waals surface area contributed by atoms with Crippen molar-refractivity contribution >= 4 is 23.2 Å². The van der Waals surface area contributed by atoms with E-state index in [0.717, 1.165) is 12.8 Å². The molecule has 0 atom stereocenters. The van der Waals surface area contributed by atoms with Crippen LogP contribution >= 0.6 is 11.3 Å². The third kappa shape index (κ3) is 5.82. The Morgan fingerprint density at radius 1 is 1.44 bits per heavy atom. The molecule has 0 aliphatic heterocycles. The van der Waals surface area contributed by atoms with Gasteiger partial charge in [-0.15, -0.1) is 11.3 Å². The maximum Gasteiger partial charge on any atom is 0.305 e. The molecular weight excluding hydrogens is 250 g/mol. The van der Waals surface area contributed by atoms with Gasteiger partial charge in [-0.3, -0.25) is 9.59 Å². The summed E-state index contributed by atoms with van der Waals surface area (Å²) in [6.45, 7) is 3.44. The van der Waals surface area contributed by atoms with Gasteiger partial charge in [0.2, 0.25) is 5.91 Å². The highest BCUT2D eigenvalue weighted by Crippen LogP contribution is 2.13. The fraction of sp³-hybridized carbons (Fsp3) is 0.538. The number of aliphatic carboxylic acids is 1. The minimum absolute atomic E-state index is 0.0658. The van der Waals surface area contributed by atoms with Gasteiger partial charge in [-0.25, -0.2) is 0 Å². The Bertz CT molecular complexity index is 398. The van der Waals surface area contributed by atoms with E-state index in [-0.39, 0.29) is 12.3 Å². The van der Waals surface area contributed by atoms with Crippen LogP contribution in [0.3, 0.4) is 0 Å². The van der Waals surface area contributed by atoms with Crippen molar-refractivity contribution in [2.75, 3.05) is 0 Å². The van der Waals surface area contributed by atoms with Crippen LogP contribution in [0, 0.1) is 0 Å². The van der Waals surface area contributed by atoms with Gasteiger partial charge in [0.1, 0.15) is 0 Å². The molecule has 0 spiro atoms. The molecule has 0 aliphatic rings. The maximum absolute atomic E-state index is 11.7. The standard InChI is InChI=1S/C13H19NO3S/c1-13(2,9-12(16)17)14-11(15)7-3-5-10-6-4-8-18-10/h4,6,8H,3,5,7,9H2,1-2H3,(H,14,15)(H,16,17). The summed E-state index contributed by atoms with van der Waals surface area (Å²) in [6.07, 6.45) is 2.05. The van der Waals surface area contributed by atoms with E-state index in [4.69, 9.17) is 5.11 Å². The Morgan fingerprint density at radius 2 is 2.17 bits per heavy atom. The number of hydrogen-bond donors (Lipinski definition) is 2. The normalized spacial score (nSPS) is 11.2. The molecule has 1 heterocycles. The molecule has 0 saturated carbocycles. The van der Waals surface area contributed by atoms with Gasteiger partial charge in [-0.05, 0) is 38.1 Å². The average Bonchev–Trinajstić information content (AvgIpc) is 2.66. The molecular formula is C13H19NO3S. The lowest BCUT2D eigenvalue weighted by Gasteiger charge is -2.24. The highest BCUT2D eigenvalue weighted by Gasteiger charge is 2.23. The van der Waals surface area contributed by atoms with Crippen LogP contribution < -0.4 is 5.32 Å². The molecule has 0 radical (unpaired) electrons. The van der Waals surface area contributed by atoms with Crippen molar-refractivity contribution in [3.05, 3.63) is 22.4 Å². The zero-order chi connectivity index (χ0) is 13.6. The smallest absolute Gasteiger partial charge is 0.305 e. The summed E-state index contributed by atoms with van der Waals surface area (Å²) in [5.74, 6) is -0.989. The monoisotopic (exact) mass is 269 g/mol. The largest absolute Gasteiger partial charge is 0.481 e. The summed E-state index contributed by atoms with van der Waals surface area (Å²) in [6, 6.07) is 4.05. The van der Waals surface area contributed by atoms with Crippen LogP contribution in [0.15, 0.2) is 17.5 Å². The molecule has 0 fully saturated rings. The van der Waals surface area contributed by atoms with Crippen molar-refractivity contribution in [1.29, 1.82) is 0 Å². The van der Waals surface area contributed by atoms with Crippen LogP contribution in [0.2, 0.25) is 0 Å². The fourth-order valence-electron chi connectivity index (χ4n) is 1.74. The fourth-order valence-corrected chi connectivity index (χ4v) is 2.49. The van der Waals surface area contributed by atoms with Crippen molar-refractivity contribution in [3.63, 3.8) is 0 Å². The molecule has 5 heteroatoms. The first-order valence-electron chi connectivity index (χ1n) is 5.94. The molecule has 0 saturated heterocycles. The Balaban J connectivity index is 2.26. The lowest BCUT2D eigenvalue weighted by Crippen LogP contribution is -2.44. The molecule has 1 amide bonds. The van der Waals surface area contributed by atoms with Crippen molar-refractivity contribution in [2.24, 2.45) is 0 Å². The number of carbonyl (C=O) groups excluding carboxylic acids is 1. The molecule has 0 unspecified atom stereocenters. The van der Waals surface area contributed by atoms with E-state index in [1.807, 2.05) is 11.4 Å². The number of amides is 1. The second-order valence-electron chi connectivity index (χ2n) is 4.94. The van der Waals surface area contributed by atoms with Gasteiger partial charge in [0, 0.05) is 16.8 Å². The molecule has 0 aliphatic carbocycles. The van der Waals surface area contributed by atoms with Gasteiger partial charge >= 0.3 is 5.97 Å². The van der Waals surface area contributed by atoms with Gasteiger partial charge in [0.15, 0.2) is 0 Å². The van der Waals surface area contributed by atoms with E-state index in [1.54, 1.807) is 25.2 Å². The van der Waals surface area contributed by atoms with Gasteiger partial charge in [0.25, 0.3) is 0 Å². The first-order valence-corrected chi connectivity index (χ1v) is 6.82. The van der Waals surface area contributed by atoms with Crippen LogP contribution in [0.4, 0.5) is 0 Å². The van der Waals surface area contributed by atoms with Crippen LogP contribution in [0.5, 0.6) is 0 Å². The summed E-state index contributed by atoms with van der Waals surface area (Å²) in [5, 5.41) is 13.5. The predicted octanol–water partition coefficient (Wildman–Crippen LogP) is 2.44. The molecule has 0 bridgehead atoms. The SMILES string of the molecule is CC(C)(CC(=O)O)NC(=O)CCCc1cccs1. The summed E-state index contributed by atoms with van der Waals surface area (Å²) in [5.41, 5.74) is -0.689. The zero-order valence-corrected chi connectivity index (χ0v) is 11.5. The number of nitrogens with one attached hydrogen (secondary N) is 1. The third-order valence-corrected chi connectivity index (χ3v) is 3.41. The first kappa shape index (κ1) is 14.7. The molecule has 0 aromatic carbocycles. The highest BCUT2D eigenvalue weighted by atomic mass is 32.1. The van der Waals surface area contributed by atoms with E-state index in [2.05, 4.69) is 11.4 Å². The second kappa shape index (κ2) is 6.54. The zero-order valence-electron chi connectivity index (χ0n) is 10.7. The van der Waals surface area contributed by atoms with Gasteiger partial charge in [-0.1, -0.05) is 6.07 Å². The topological polar surface area (TPSA) is 66.4 Å². The van der Waals surface area contributed by atoms with E-state index < -0.39 is 11.5 Å². The molecule has 1 aromatic heterocycles. The number of carboxylic acid groups (broad SMARTS) is 1. The minimum atomic E-state index is -0.904. The minimum Gasteiger partial charge on any atom is -0.481 e. The van der Waals surface area contributed by atoms with Crippen LogP contribution in [-0.4, -0.2) is 22.5 Å². The number of aryl methyl sites for hydroxylation is 1. The van der Waals surface area contributed by atoms with Crippen molar-refractivity contribution in [3.8, 4) is 0 Å². The Labute approximate surface area is 111 Å². The van der Waals surface area contributed by atoms with E-state index in [1.165, 1.54) is 4.88 Å². The summed E-state index contributed by atoms with van der Waals surface area (Å²) < 4.78 is 0. The molecule has 100 valence electrons. The number of carboxylic acids is 1. The number of carbonyl (C=O) groups is 2. The lowest BCUT2D eigenvalue weighted by molar-refractivity contribution is -0.138. The maximum atomic E-state index is 11.7. The Morgan fingerprint density at radius 3 is 2.72 bits per heavy atom. The van der Waals surface area contributed by atoms with Crippen LogP contribution in [-0.2, 0) is 16.0 Å². The van der Waals surface area contributed by atoms with Crippen molar-refractivity contribution < 1.29 is 14.7 Å². The van der Waals surface area contributed by atoms with E-state index in [9.17, 15) is 9.59 Å². The van der Waals surface area contributed by atoms with Crippen molar-refractivity contribution in [2.45, 2.75) is 45.1 Å². The second-order valence-corrected chi connectivity index (χ2v) is 5.97. The molecule has 4 nitrogen and oxygen atoms in total. The molecule has 1 aromatic rings. The average molecular weight is 269 g/mol. The van der Waals surface area contributed by atoms with Crippen molar-refractivity contribution in [1.82, 2.24) is 5.32 Å². The predicted molar refractivity (Wildman–Crippen MR) is 71.7 cm³/mol. The summed E-state index contributed by atoms with van der Waals surface area (Å²) in [4.78, 5) is 23.6. The number of thiophene rings is 1. The lowest BCUT2D eigenvalue weighted by atomic mass is 10.0. The Kier molecular flexibility index (Phi) is 5.34. The first-order chi connectivity index (χ1) is 8.39. The molecule has 2 N–H and O–H groups in total. The quantitative estimate of drug-likeness (QED) is 0.799. The third-order valence-electron chi connectivity index (χ3n) is 2.48. The van der Waals surface area contributed by atoms with E-state index in [0.29, 0.717) is 6.42 Å².